The zero-order valence-electron chi connectivity index (χ0n) is 23.3. The van der Waals surface area contributed by atoms with Crippen LogP contribution in [0, 0.1) is 11.8 Å². The van der Waals surface area contributed by atoms with Crippen LogP contribution >= 0.6 is 0 Å². The molecule has 2 aromatic carbocycles. The number of aliphatic carboxylic acids is 1. The minimum absolute atomic E-state index is 0.0277. The molecule has 0 aliphatic carbocycles. The molecule has 218 valence electrons. The Morgan fingerprint density at radius 3 is 1.88 bits per heavy atom. The summed E-state index contributed by atoms with van der Waals surface area (Å²) < 4.78 is 26.2. The summed E-state index contributed by atoms with van der Waals surface area (Å²) in [6.45, 7) is 9.20. The number of nitrogens with two attached hydrogens (primary N) is 1. The highest BCUT2D eigenvalue weighted by Gasteiger charge is 2.30. The van der Waals surface area contributed by atoms with Gasteiger partial charge in [-0.2, -0.15) is 0 Å². The predicted molar refractivity (Wildman–Crippen MR) is 144 cm³/mol. The molecule has 0 heterocycles. The third-order valence-electron chi connectivity index (χ3n) is 5.47. The number of hydrogen-bond donors (Lipinski definition) is 2. The molecule has 40 heavy (non-hydrogen) atoms. The van der Waals surface area contributed by atoms with Gasteiger partial charge in [-0.3, -0.25) is 4.79 Å². The van der Waals surface area contributed by atoms with Gasteiger partial charge in [0.15, 0.2) is 11.5 Å². The Hall–Kier alpha value is -4.12. The van der Waals surface area contributed by atoms with Crippen molar-refractivity contribution in [2.45, 2.75) is 59.1 Å². The number of carboxylic acids is 1. The molecule has 11 nitrogen and oxygen atoms in total. The molecule has 0 spiro atoms. The summed E-state index contributed by atoms with van der Waals surface area (Å²) in [5.41, 5.74) is 6.71. The van der Waals surface area contributed by atoms with Crippen LogP contribution in [-0.4, -0.2) is 54.7 Å². The third kappa shape index (κ3) is 10.6. The van der Waals surface area contributed by atoms with Crippen LogP contribution in [0.5, 0.6) is 11.5 Å². The number of carbonyl (C=O) groups excluding carboxylic acids is 3. The number of ether oxygens (including phenoxy) is 5. The number of carboxylic acid groups (broad SMARTS) is 1. The van der Waals surface area contributed by atoms with E-state index in [4.69, 9.17) is 29.4 Å². The first kappa shape index (κ1) is 32.1. The summed E-state index contributed by atoms with van der Waals surface area (Å²) in [6, 6.07) is 11.1. The van der Waals surface area contributed by atoms with Crippen molar-refractivity contribution in [1.82, 2.24) is 0 Å². The van der Waals surface area contributed by atoms with Crippen molar-refractivity contribution in [3.05, 3.63) is 59.7 Å². The van der Waals surface area contributed by atoms with Gasteiger partial charge in [-0.05, 0) is 55.0 Å². The monoisotopic (exact) mass is 559 g/mol. The number of rotatable bonds is 13. The first-order valence-electron chi connectivity index (χ1n) is 12.9. The van der Waals surface area contributed by atoms with E-state index in [1.54, 1.807) is 37.3 Å². The van der Waals surface area contributed by atoms with Gasteiger partial charge in [-0.1, -0.05) is 52.0 Å². The summed E-state index contributed by atoms with van der Waals surface area (Å²) in [5.74, 6) is -2.99. The van der Waals surface area contributed by atoms with Crippen LogP contribution in [0.2, 0.25) is 0 Å². The van der Waals surface area contributed by atoms with Crippen molar-refractivity contribution < 1.29 is 48.0 Å². The van der Waals surface area contributed by atoms with Gasteiger partial charge in [-0.25, -0.2) is 14.4 Å². The summed E-state index contributed by atoms with van der Waals surface area (Å²) in [4.78, 5) is 48.9. The van der Waals surface area contributed by atoms with Crippen LogP contribution in [0.4, 0.5) is 9.59 Å². The molecule has 0 bridgehead atoms. The van der Waals surface area contributed by atoms with E-state index in [-0.39, 0.29) is 43.0 Å². The number of benzene rings is 2. The van der Waals surface area contributed by atoms with Crippen molar-refractivity contribution in [2.75, 3.05) is 13.2 Å². The highest BCUT2D eigenvalue weighted by molar-refractivity contribution is 5.89. The summed E-state index contributed by atoms with van der Waals surface area (Å²) in [5, 5.41) is 9.68. The molecule has 3 atom stereocenters. The minimum Gasteiger partial charge on any atom is -0.480 e. The van der Waals surface area contributed by atoms with Gasteiger partial charge < -0.3 is 34.5 Å². The smallest absolute Gasteiger partial charge is 0.480 e. The van der Waals surface area contributed by atoms with Gasteiger partial charge in [0.25, 0.3) is 0 Å². The molecule has 2 rings (SSSR count). The lowest BCUT2D eigenvalue weighted by Crippen LogP contribution is -2.38. The van der Waals surface area contributed by atoms with Crippen LogP contribution in [0.3, 0.4) is 0 Å². The van der Waals surface area contributed by atoms with E-state index in [1.807, 2.05) is 27.7 Å². The van der Waals surface area contributed by atoms with Gasteiger partial charge in [0.1, 0.15) is 12.1 Å². The topological polar surface area (TPSA) is 161 Å². The predicted octanol–water partition coefficient (Wildman–Crippen LogP) is 5.16. The minimum atomic E-state index is -1.40. The Balaban J connectivity index is 2.34. The fourth-order valence-electron chi connectivity index (χ4n) is 3.52. The molecule has 0 saturated heterocycles. The van der Waals surface area contributed by atoms with E-state index < -0.39 is 42.3 Å². The van der Waals surface area contributed by atoms with Gasteiger partial charge in [0.2, 0.25) is 0 Å². The van der Waals surface area contributed by atoms with Crippen LogP contribution in [0.1, 0.15) is 62.9 Å². The first-order valence-corrected chi connectivity index (χ1v) is 12.9. The molecule has 0 fully saturated rings. The highest BCUT2D eigenvalue weighted by Crippen LogP contribution is 2.35. The number of hydrogen-bond acceptors (Lipinski definition) is 10. The largest absolute Gasteiger partial charge is 0.513 e. The van der Waals surface area contributed by atoms with E-state index >= 15 is 0 Å². The van der Waals surface area contributed by atoms with Crippen LogP contribution in [0.25, 0.3) is 0 Å². The Morgan fingerprint density at radius 2 is 1.35 bits per heavy atom. The second kappa shape index (κ2) is 15.5. The molecule has 11 heteroatoms. The summed E-state index contributed by atoms with van der Waals surface area (Å²) in [7, 11) is 0. The zero-order chi connectivity index (χ0) is 29.8. The first-order chi connectivity index (χ1) is 18.9. The van der Waals surface area contributed by atoms with E-state index in [1.165, 1.54) is 18.2 Å². The average Bonchev–Trinajstić information content (AvgIpc) is 2.90. The Bertz CT molecular complexity index is 1150. The number of carbonyl (C=O) groups is 4. The molecule has 0 amide bonds. The van der Waals surface area contributed by atoms with Gasteiger partial charge >= 0.3 is 24.2 Å². The second-order valence-electron chi connectivity index (χ2n) is 10.1. The molecular formula is C29H37NO10. The fourth-order valence-corrected chi connectivity index (χ4v) is 3.52. The van der Waals surface area contributed by atoms with Gasteiger partial charge in [-0.15, -0.1) is 0 Å². The molecule has 3 N–H and O–H groups in total. The molecule has 0 aromatic heterocycles. The summed E-state index contributed by atoms with van der Waals surface area (Å²) in [6.07, 6.45) is -2.76. The van der Waals surface area contributed by atoms with E-state index in [0.29, 0.717) is 11.1 Å². The van der Waals surface area contributed by atoms with Gasteiger partial charge in [0.05, 0.1) is 18.8 Å². The van der Waals surface area contributed by atoms with E-state index in [2.05, 4.69) is 0 Å². The van der Waals surface area contributed by atoms with Crippen molar-refractivity contribution in [3.63, 3.8) is 0 Å². The van der Waals surface area contributed by atoms with Gasteiger partial charge in [0, 0.05) is 5.92 Å². The highest BCUT2D eigenvalue weighted by atomic mass is 16.7. The zero-order valence-corrected chi connectivity index (χ0v) is 23.3. The molecule has 2 unspecified atom stereocenters. The van der Waals surface area contributed by atoms with Crippen LogP contribution in [0.15, 0.2) is 48.5 Å². The molecule has 2 aromatic rings. The third-order valence-corrected chi connectivity index (χ3v) is 5.47. The maximum atomic E-state index is 12.5. The quantitative estimate of drug-likeness (QED) is 0.189. The van der Waals surface area contributed by atoms with Crippen molar-refractivity contribution >= 4 is 24.2 Å². The van der Waals surface area contributed by atoms with Crippen LogP contribution in [-0.2, 0) is 19.0 Å². The maximum Gasteiger partial charge on any atom is 0.513 e. The Kier molecular flexibility index (Phi) is 12.4. The lowest BCUT2D eigenvalue weighted by Gasteiger charge is -2.25. The Labute approximate surface area is 233 Å². The van der Waals surface area contributed by atoms with Crippen molar-refractivity contribution in [3.8, 4) is 11.5 Å². The normalized spacial score (nSPS) is 13.2. The van der Waals surface area contributed by atoms with Crippen molar-refractivity contribution in [1.29, 1.82) is 0 Å². The lowest BCUT2D eigenvalue weighted by atomic mass is 9.87. The SMILES string of the molecule is CC(C)COC(=O)Oc1ccc(C(CC(C)OC(=O)c2ccccc2)[C@H](N)C(=O)O)cc1OC(=O)OCC(C)C. The van der Waals surface area contributed by atoms with E-state index in [9.17, 15) is 24.3 Å². The molecule has 0 radical (unpaired) electrons. The van der Waals surface area contributed by atoms with E-state index in [0.717, 1.165) is 0 Å². The molecule has 0 aliphatic rings. The number of esters is 1. The molecular weight excluding hydrogens is 522 g/mol. The average molecular weight is 560 g/mol. The van der Waals surface area contributed by atoms with Crippen LogP contribution < -0.4 is 15.2 Å². The maximum absolute atomic E-state index is 12.5. The fraction of sp³-hybridized carbons (Fsp3) is 0.448. The second-order valence-corrected chi connectivity index (χ2v) is 10.1. The summed E-state index contributed by atoms with van der Waals surface area (Å²) >= 11 is 0. The lowest BCUT2D eigenvalue weighted by molar-refractivity contribution is -0.139. The van der Waals surface area contributed by atoms with Crippen molar-refractivity contribution in [2.24, 2.45) is 17.6 Å². The standard InChI is InChI=1S/C29H37NO10/c1-17(2)15-36-28(34)39-23-12-11-21(14-24(23)40-29(35)37-16-18(3)4)22(25(30)26(31)32)13-19(5)38-27(33)20-9-7-6-8-10-20/h6-12,14,17-19,22,25H,13,15-16,30H2,1-5H3,(H,31,32)/t19?,22?,25-/m0/s1. The molecule has 0 aliphatic heterocycles. The molecule has 0 saturated carbocycles. The Morgan fingerprint density at radius 1 is 0.800 bits per heavy atom.